The summed E-state index contributed by atoms with van der Waals surface area (Å²) in [6.45, 7) is 1.14. The lowest BCUT2D eigenvalue weighted by Crippen LogP contribution is -2.33. The van der Waals surface area contributed by atoms with Crippen molar-refractivity contribution in [2.45, 2.75) is 6.42 Å². The summed E-state index contributed by atoms with van der Waals surface area (Å²) in [4.78, 5) is 13.5. The number of anilines is 1. The predicted octanol–water partition coefficient (Wildman–Crippen LogP) is 1.82. The van der Waals surface area contributed by atoms with Gasteiger partial charge in [-0.15, -0.1) is 0 Å². The van der Waals surface area contributed by atoms with E-state index in [0.717, 1.165) is 6.42 Å². The van der Waals surface area contributed by atoms with Gasteiger partial charge in [-0.3, -0.25) is 4.79 Å². The molecule has 1 heterocycles. The highest BCUT2D eigenvalue weighted by atomic mass is 19.1. The van der Waals surface area contributed by atoms with Crippen LogP contribution in [0.5, 0.6) is 0 Å². The van der Waals surface area contributed by atoms with Crippen LogP contribution in [0.4, 0.5) is 10.1 Å². The number of hydrogen-bond acceptors (Lipinski definition) is 2. The first-order chi connectivity index (χ1) is 7.68. The first-order valence-electron chi connectivity index (χ1n) is 5.29. The predicted molar refractivity (Wildman–Crippen MR) is 58.7 cm³/mol. The summed E-state index contributed by atoms with van der Waals surface area (Å²) in [7, 11) is 1.70. The molecule has 0 aliphatic carbocycles. The molecule has 1 aromatic carbocycles. The molecule has 2 rings (SSSR count). The molecule has 86 valence electrons. The molecule has 0 N–H and O–H groups in total. The van der Waals surface area contributed by atoms with Gasteiger partial charge in [0.1, 0.15) is 5.82 Å². The second kappa shape index (κ2) is 4.61. The van der Waals surface area contributed by atoms with Crippen LogP contribution in [0, 0.1) is 11.7 Å². The van der Waals surface area contributed by atoms with Crippen LogP contribution in [0.1, 0.15) is 6.42 Å². The molecule has 1 aliphatic rings. The number of halogens is 1. The molecule has 3 nitrogen and oxygen atoms in total. The molecule has 1 aliphatic heterocycles. The van der Waals surface area contributed by atoms with Gasteiger partial charge in [0.25, 0.3) is 0 Å². The molecule has 1 atom stereocenters. The first-order valence-corrected chi connectivity index (χ1v) is 5.29. The van der Waals surface area contributed by atoms with E-state index in [-0.39, 0.29) is 17.6 Å². The third kappa shape index (κ3) is 2.22. The monoisotopic (exact) mass is 223 g/mol. The third-order valence-corrected chi connectivity index (χ3v) is 2.82. The summed E-state index contributed by atoms with van der Waals surface area (Å²) >= 11 is 0. The molecule has 1 amide bonds. The van der Waals surface area contributed by atoms with Crippen LogP contribution in [-0.4, -0.2) is 26.2 Å². The number of benzene rings is 1. The van der Waals surface area contributed by atoms with Crippen molar-refractivity contribution in [1.82, 2.24) is 0 Å². The van der Waals surface area contributed by atoms with Crippen molar-refractivity contribution in [1.29, 1.82) is 0 Å². The Labute approximate surface area is 93.8 Å². The Morgan fingerprint density at radius 3 is 2.69 bits per heavy atom. The van der Waals surface area contributed by atoms with Crippen molar-refractivity contribution in [2.24, 2.45) is 5.92 Å². The van der Waals surface area contributed by atoms with Crippen molar-refractivity contribution in [3.8, 4) is 0 Å². The second-order valence-corrected chi connectivity index (χ2v) is 3.93. The zero-order valence-corrected chi connectivity index (χ0v) is 9.15. The minimum atomic E-state index is -0.297. The zero-order valence-electron chi connectivity index (χ0n) is 9.15. The number of amides is 1. The van der Waals surface area contributed by atoms with Crippen molar-refractivity contribution in [2.75, 3.05) is 25.2 Å². The molecule has 0 radical (unpaired) electrons. The van der Waals surface area contributed by atoms with Crippen molar-refractivity contribution in [3.05, 3.63) is 30.1 Å². The molecule has 1 saturated heterocycles. The normalized spacial score (nSPS) is 19.8. The van der Waals surface area contributed by atoms with Gasteiger partial charge >= 0.3 is 0 Å². The Hall–Kier alpha value is -1.42. The molecule has 0 saturated carbocycles. The minimum absolute atomic E-state index is 0.0316. The molecule has 16 heavy (non-hydrogen) atoms. The van der Waals surface area contributed by atoms with Crippen molar-refractivity contribution in [3.63, 3.8) is 0 Å². The first kappa shape index (κ1) is 11.1. The smallest absolute Gasteiger partial charge is 0.232 e. The van der Waals surface area contributed by atoms with Crippen LogP contribution in [0.2, 0.25) is 0 Å². The third-order valence-electron chi connectivity index (χ3n) is 2.82. The maximum absolute atomic E-state index is 12.7. The van der Waals surface area contributed by atoms with E-state index >= 15 is 0 Å². The van der Waals surface area contributed by atoms with E-state index in [1.807, 2.05) is 0 Å². The van der Waals surface area contributed by atoms with Crippen LogP contribution in [0.3, 0.4) is 0 Å². The van der Waals surface area contributed by atoms with Gasteiger partial charge in [-0.25, -0.2) is 4.39 Å². The highest BCUT2D eigenvalue weighted by Gasteiger charge is 2.26. The number of ether oxygens (including phenoxy) is 1. The largest absolute Gasteiger partial charge is 0.381 e. The maximum atomic E-state index is 12.7. The van der Waals surface area contributed by atoms with Gasteiger partial charge in [-0.2, -0.15) is 0 Å². The SMILES string of the molecule is CN(C(=O)C1CCOC1)c1ccc(F)cc1. The van der Waals surface area contributed by atoms with Gasteiger partial charge in [-0.05, 0) is 30.7 Å². The standard InChI is InChI=1S/C12H14FNO2/c1-14(11-4-2-10(13)3-5-11)12(15)9-6-7-16-8-9/h2-5,9H,6-8H2,1H3. The van der Waals surface area contributed by atoms with E-state index in [1.54, 1.807) is 24.1 Å². The quantitative estimate of drug-likeness (QED) is 0.765. The zero-order chi connectivity index (χ0) is 11.5. The van der Waals surface area contributed by atoms with Gasteiger partial charge in [0.05, 0.1) is 12.5 Å². The van der Waals surface area contributed by atoms with Crippen LogP contribution < -0.4 is 4.90 Å². The minimum Gasteiger partial charge on any atom is -0.381 e. The summed E-state index contributed by atoms with van der Waals surface area (Å²) in [5, 5.41) is 0. The molecule has 0 bridgehead atoms. The van der Waals surface area contributed by atoms with Gasteiger partial charge in [0, 0.05) is 19.3 Å². The fraction of sp³-hybridized carbons (Fsp3) is 0.417. The topological polar surface area (TPSA) is 29.5 Å². The fourth-order valence-electron chi connectivity index (χ4n) is 1.80. The average molecular weight is 223 g/mol. The Bertz CT molecular complexity index is 371. The van der Waals surface area contributed by atoms with Crippen LogP contribution in [0.15, 0.2) is 24.3 Å². The number of nitrogens with zero attached hydrogens (tertiary/aromatic N) is 1. The molecule has 0 aromatic heterocycles. The lowest BCUT2D eigenvalue weighted by Gasteiger charge is -2.20. The summed E-state index contributed by atoms with van der Waals surface area (Å²) < 4.78 is 17.9. The molecule has 4 heteroatoms. The average Bonchev–Trinajstić information content (AvgIpc) is 2.81. The van der Waals surface area contributed by atoms with Gasteiger partial charge in [0.2, 0.25) is 5.91 Å². The number of rotatable bonds is 2. The molecular weight excluding hydrogens is 209 g/mol. The molecule has 1 unspecified atom stereocenters. The Kier molecular flexibility index (Phi) is 3.19. The summed E-state index contributed by atoms with van der Waals surface area (Å²) in [5.74, 6) is -0.326. The highest BCUT2D eigenvalue weighted by molar-refractivity contribution is 5.94. The Morgan fingerprint density at radius 1 is 1.44 bits per heavy atom. The summed E-state index contributed by atoms with van der Waals surface area (Å²) in [6.07, 6.45) is 0.768. The van der Waals surface area contributed by atoms with E-state index in [2.05, 4.69) is 0 Å². The number of carbonyl (C=O) groups excluding carboxylic acids is 1. The molecule has 1 aromatic rings. The number of hydrogen-bond donors (Lipinski definition) is 0. The highest BCUT2D eigenvalue weighted by Crippen LogP contribution is 2.20. The lowest BCUT2D eigenvalue weighted by atomic mass is 10.1. The van der Waals surface area contributed by atoms with E-state index < -0.39 is 0 Å². The molecular formula is C12H14FNO2. The van der Waals surface area contributed by atoms with E-state index in [4.69, 9.17) is 4.74 Å². The summed E-state index contributed by atoms with van der Waals surface area (Å²) in [5.41, 5.74) is 0.707. The van der Waals surface area contributed by atoms with Crippen LogP contribution in [-0.2, 0) is 9.53 Å². The van der Waals surface area contributed by atoms with Crippen LogP contribution >= 0.6 is 0 Å². The van der Waals surface area contributed by atoms with Crippen molar-refractivity contribution < 1.29 is 13.9 Å². The van der Waals surface area contributed by atoms with E-state index in [1.165, 1.54) is 12.1 Å². The number of carbonyl (C=O) groups is 1. The molecule has 1 fully saturated rings. The van der Waals surface area contributed by atoms with E-state index in [9.17, 15) is 9.18 Å². The fourth-order valence-corrected chi connectivity index (χ4v) is 1.80. The van der Waals surface area contributed by atoms with Gasteiger partial charge < -0.3 is 9.64 Å². The second-order valence-electron chi connectivity index (χ2n) is 3.93. The maximum Gasteiger partial charge on any atom is 0.232 e. The lowest BCUT2D eigenvalue weighted by molar-refractivity contribution is -0.122. The Morgan fingerprint density at radius 2 is 2.12 bits per heavy atom. The van der Waals surface area contributed by atoms with Crippen molar-refractivity contribution >= 4 is 11.6 Å². The van der Waals surface area contributed by atoms with E-state index in [0.29, 0.717) is 18.9 Å². The molecule has 0 spiro atoms. The Balaban J connectivity index is 2.08. The van der Waals surface area contributed by atoms with Gasteiger partial charge in [0.15, 0.2) is 0 Å². The van der Waals surface area contributed by atoms with Crippen LogP contribution in [0.25, 0.3) is 0 Å². The van der Waals surface area contributed by atoms with Gasteiger partial charge in [-0.1, -0.05) is 0 Å². The summed E-state index contributed by atoms with van der Waals surface area (Å²) in [6, 6.07) is 5.90.